The first-order valence-corrected chi connectivity index (χ1v) is 7.67. The molecule has 1 aliphatic heterocycles. The van der Waals surface area contributed by atoms with E-state index in [0.29, 0.717) is 12.0 Å². The van der Waals surface area contributed by atoms with Crippen LogP contribution >= 0.6 is 0 Å². The lowest BCUT2D eigenvalue weighted by Gasteiger charge is -2.32. The second-order valence-corrected chi connectivity index (χ2v) is 5.73. The Hall–Kier alpha value is -2.21. The van der Waals surface area contributed by atoms with Gasteiger partial charge in [0, 0.05) is 32.0 Å². The molecule has 0 amide bonds. The fraction of sp³-hybridized carbons (Fsp3) is 0.438. The molecule has 6 nitrogen and oxygen atoms in total. The minimum Gasteiger partial charge on any atom is -0.355 e. The van der Waals surface area contributed by atoms with Crippen molar-refractivity contribution in [1.29, 1.82) is 0 Å². The molecular weight excluding hydrogens is 276 g/mol. The number of anilines is 3. The van der Waals surface area contributed by atoms with E-state index in [-0.39, 0.29) is 0 Å². The number of aromatic nitrogens is 3. The number of likely N-dealkylation sites (N-methyl/N-ethyl adjacent to an activating group) is 1. The summed E-state index contributed by atoms with van der Waals surface area (Å²) in [5, 5.41) is 6.60. The van der Waals surface area contributed by atoms with Crippen LogP contribution in [-0.4, -0.2) is 41.1 Å². The zero-order valence-corrected chi connectivity index (χ0v) is 13.1. The van der Waals surface area contributed by atoms with E-state index in [1.165, 1.54) is 12.8 Å². The third kappa shape index (κ3) is 3.51. The highest BCUT2D eigenvalue weighted by Crippen LogP contribution is 2.19. The zero-order valence-electron chi connectivity index (χ0n) is 13.1. The molecule has 22 heavy (non-hydrogen) atoms. The maximum atomic E-state index is 4.55. The SMILES string of the molecule is Cc1cnc(Nc2ccc(N(C)C3CCCNC3)nc2)nc1. The Labute approximate surface area is 131 Å². The van der Waals surface area contributed by atoms with E-state index in [1.54, 1.807) is 12.4 Å². The largest absolute Gasteiger partial charge is 0.355 e. The summed E-state index contributed by atoms with van der Waals surface area (Å²) in [4.78, 5) is 15.3. The molecule has 1 saturated heterocycles. The number of rotatable bonds is 4. The van der Waals surface area contributed by atoms with E-state index in [9.17, 15) is 0 Å². The van der Waals surface area contributed by atoms with E-state index in [1.807, 2.05) is 25.3 Å². The molecule has 2 N–H and O–H groups in total. The average Bonchev–Trinajstić information content (AvgIpc) is 2.58. The van der Waals surface area contributed by atoms with Gasteiger partial charge in [-0.2, -0.15) is 0 Å². The molecule has 1 fully saturated rings. The summed E-state index contributed by atoms with van der Waals surface area (Å²) in [6.45, 7) is 4.11. The number of pyridine rings is 1. The molecule has 3 heterocycles. The summed E-state index contributed by atoms with van der Waals surface area (Å²) in [6, 6.07) is 4.56. The number of nitrogens with one attached hydrogen (secondary N) is 2. The smallest absolute Gasteiger partial charge is 0.227 e. The lowest BCUT2D eigenvalue weighted by atomic mass is 10.1. The number of aryl methyl sites for hydroxylation is 1. The van der Waals surface area contributed by atoms with Crippen molar-refractivity contribution >= 4 is 17.5 Å². The normalized spacial score (nSPS) is 18.0. The quantitative estimate of drug-likeness (QED) is 0.901. The number of hydrogen-bond acceptors (Lipinski definition) is 6. The molecule has 0 aliphatic carbocycles. The second-order valence-electron chi connectivity index (χ2n) is 5.73. The van der Waals surface area contributed by atoms with Crippen LogP contribution in [0.3, 0.4) is 0 Å². The Morgan fingerprint density at radius 2 is 2.00 bits per heavy atom. The van der Waals surface area contributed by atoms with Crippen LogP contribution in [0.1, 0.15) is 18.4 Å². The van der Waals surface area contributed by atoms with E-state index in [0.717, 1.165) is 30.2 Å². The summed E-state index contributed by atoms with van der Waals surface area (Å²) in [5.41, 5.74) is 1.93. The first-order chi connectivity index (χ1) is 10.7. The lowest BCUT2D eigenvalue weighted by molar-refractivity contribution is 0.443. The predicted molar refractivity (Wildman–Crippen MR) is 88.6 cm³/mol. The Morgan fingerprint density at radius 3 is 2.64 bits per heavy atom. The van der Waals surface area contributed by atoms with Gasteiger partial charge < -0.3 is 15.5 Å². The van der Waals surface area contributed by atoms with Gasteiger partial charge in [-0.15, -0.1) is 0 Å². The third-order valence-electron chi connectivity index (χ3n) is 3.96. The van der Waals surface area contributed by atoms with Gasteiger partial charge in [0.25, 0.3) is 0 Å². The molecule has 1 unspecified atom stereocenters. The minimum atomic E-state index is 0.514. The van der Waals surface area contributed by atoms with Crippen LogP contribution in [0, 0.1) is 6.92 Å². The molecule has 6 heteroatoms. The molecule has 0 aromatic carbocycles. The molecule has 0 bridgehead atoms. The molecule has 116 valence electrons. The van der Waals surface area contributed by atoms with Gasteiger partial charge in [0.1, 0.15) is 5.82 Å². The van der Waals surface area contributed by atoms with Crippen LogP contribution < -0.4 is 15.5 Å². The molecule has 2 aromatic heterocycles. The summed E-state index contributed by atoms with van der Waals surface area (Å²) in [5.74, 6) is 1.58. The van der Waals surface area contributed by atoms with Crippen LogP contribution in [-0.2, 0) is 0 Å². The van der Waals surface area contributed by atoms with Crippen LogP contribution in [0.2, 0.25) is 0 Å². The zero-order chi connectivity index (χ0) is 15.4. The van der Waals surface area contributed by atoms with Gasteiger partial charge in [0.2, 0.25) is 5.95 Å². The molecule has 1 atom stereocenters. The van der Waals surface area contributed by atoms with Crippen molar-refractivity contribution in [3.63, 3.8) is 0 Å². The van der Waals surface area contributed by atoms with Gasteiger partial charge in [-0.05, 0) is 44.0 Å². The number of nitrogens with zero attached hydrogens (tertiary/aromatic N) is 4. The van der Waals surface area contributed by atoms with Crippen molar-refractivity contribution in [2.24, 2.45) is 0 Å². The van der Waals surface area contributed by atoms with Crippen molar-refractivity contribution in [3.05, 3.63) is 36.3 Å². The first-order valence-electron chi connectivity index (χ1n) is 7.67. The van der Waals surface area contributed by atoms with Crippen molar-refractivity contribution in [3.8, 4) is 0 Å². The standard InChI is InChI=1S/C16H22N6/c1-12-8-19-16(20-9-12)21-13-5-6-15(18-10-13)22(2)14-4-3-7-17-11-14/h5-6,8-10,14,17H,3-4,7,11H2,1-2H3,(H,19,20,21). The summed E-state index contributed by atoms with van der Waals surface area (Å²) >= 11 is 0. The number of hydrogen-bond donors (Lipinski definition) is 2. The molecule has 1 aliphatic rings. The van der Waals surface area contributed by atoms with E-state index in [2.05, 4.69) is 37.5 Å². The van der Waals surface area contributed by atoms with Gasteiger partial charge in [-0.1, -0.05) is 0 Å². The summed E-state index contributed by atoms with van der Waals surface area (Å²) < 4.78 is 0. The fourth-order valence-corrected chi connectivity index (χ4v) is 2.61. The molecule has 3 rings (SSSR count). The second kappa shape index (κ2) is 6.70. The fourth-order valence-electron chi connectivity index (χ4n) is 2.61. The molecule has 0 saturated carbocycles. The molecule has 0 radical (unpaired) electrons. The van der Waals surface area contributed by atoms with Crippen molar-refractivity contribution < 1.29 is 0 Å². The van der Waals surface area contributed by atoms with Crippen LogP contribution in [0.25, 0.3) is 0 Å². The summed E-state index contributed by atoms with van der Waals surface area (Å²) in [6.07, 6.45) is 7.84. The Kier molecular flexibility index (Phi) is 4.48. The number of piperidine rings is 1. The molecule has 0 spiro atoms. The first kappa shape index (κ1) is 14.7. The lowest BCUT2D eigenvalue weighted by Crippen LogP contribution is -2.44. The monoisotopic (exact) mass is 298 g/mol. The van der Waals surface area contributed by atoms with Crippen molar-refractivity contribution in [1.82, 2.24) is 20.3 Å². The van der Waals surface area contributed by atoms with Gasteiger partial charge in [-0.25, -0.2) is 15.0 Å². The minimum absolute atomic E-state index is 0.514. The van der Waals surface area contributed by atoms with E-state index in [4.69, 9.17) is 0 Å². The van der Waals surface area contributed by atoms with Crippen LogP contribution in [0.5, 0.6) is 0 Å². The average molecular weight is 298 g/mol. The highest BCUT2D eigenvalue weighted by Gasteiger charge is 2.18. The molecular formula is C16H22N6. The Bertz CT molecular complexity index is 589. The molecule has 2 aromatic rings. The Morgan fingerprint density at radius 1 is 1.18 bits per heavy atom. The maximum absolute atomic E-state index is 4.55. The Balaban J connectivity index is 1.65. The predicted octanol–water partition coefficient (Wildman–Crippen LogP) is 2.11. The van der Waals surface area contributed by atoms with E-state index >= 15 is 0 Å². The highest BCUT2D eigenvalue weighted by atomic mass is 15.2. The van der Waals surface area contributed by atoms with E-state index < -0.39 is 0 Å². The summed E-state index contributed by atoms with van der Waals surface area (Å²) in [7, 11) is 2.11. The van der Waals surface area contributed by atoms with Crippen molar-refractivity contribution in [2.45, 2.75) is 25.8 Å². The maximum Gasteiger partial charge on any atom is 0.227 e. The van der Waals surface area contributed by atoms with Crippen LogP contribution in [0.15, 0.2) is 30.7 Å². The van der Waals surface area contributed by atoms with Crippen molar-refractivity contribution in [2.75, 3.05) is 30.4 Å². The highest BCUT2D eigenvalue weighted by molar-refractivity contribution is 5.54. The van der Waals surface area contributed by atoms with Crippen LogP contribution in [0.4, 0.5) is 17.5 Å². The van der Waals surface area contributed by atoms with Gasteiger partial charge >= 0.3 is 0 Å². The van der Waals surface area contributed by atoms with Gasteiger partial charge in [0.05, 0.1) is 11.9 Å². The van der Waals surface area contributed by atoms with Gasteiger partial charge in [-0.3, -0.25) is 0 Å². The third-order valence-corrected chi connectivity index (χ3v) is 3.96. The van der Waals surface area contributed by atoms with Gasteiger partial charge in [0.15, 0.2) is 0 Å². The topological polar surface area (TPSA) is 66.0 Å².